The van der Waals surface area contributed by atoms with Gasteiger partial charge >= 0.3 is 0 Å². The summed E-state index contributed by atoms with van der Waals surface area (Å²) in [6.45, 7) is 4.94. The number of nitrogens with one attached hydrogen (secondary N) is 2. The largest absolute Gasteiger partial charge is 0.384 e. The number of hydrogen-bond acceptors (Lipinski definition) is 5. The number of ether oxygens (including phenoxy) is 1. The first-order chi connectivity index (χ1) is 11.4. The van der Waals surface area contributed by atoms with Gasteiger partial charge in [0.05, 0.1) is 17.8 Å². The fourth-order valence-corrected chi connectivity index (χ4v) is 5.16. The molecule has 2 heterocycles. The smallest absolute Gasteiger partial charge is 0.228 e. The van der Waals surface area contributed by atoms with Gasteiger partial charge in [-0.2, -0.15) is 0 Å². The van der Waals surface area contributed by atoms with E-state index in [0.29, 0.717) is 39.0 Å². The van der Waals surface area contributed by atoms with E-state index in [0.717, 1.165) is 25.9 Å². The average Bonchev–Trinajstić information content (AvgIpc) is 2.56. The highest BCUT2D eigenvalue weighted by atomic mass is 32.2. The van der Waals surface area contributed by atoms with Crippen LogP contribution >= 0.6 is 0 Å². The van der Waals surface area contributed by atoms with Gasteiger partial charge in [0.25, 0.3) is 0 Å². The number of amides is 1. The second-order valence-corrected chi connectivity index (χ2v) is 9.01. The molecule has 0 aliphatic carbocycles. The van der Waals surface area contributed by atoms with Crippen LogP contribution in [0.4, 0.5) is 0 Å². The first kappa shape index (κ1) is 19.6. The molecule has 2 saturated heterocycles. The lowest BCUT2D eigenvalue weighted by Crippen LogP contribution is -2.54. The maximum atomic E-state index is 12.8. The van der Waals surface area contributed by atoms with Crippen LogP contribution in [0.5, 0.6) is 0 Å². The number of carbonyl (C=O) groups excluding carboxylic acids is 1. The van der Waals surface area contributed by atoms with Crippen LogP contribution in [0.1, 0.15) is 39.0 Å². The lowest BCUT2D eigenvalue weighted by Gasteiger charge is -2.38. The topological polar surface area (TPSA) is 87.7 Å². The van der Waals surface area contributed by atoms with Gasteiger partial charge in [0.15, 0.2) is 0 Å². The average molecular weight is 362 g/mol. The fourth-order valence-electron chi connectivity index (χ4n) is 3.62. The van der Waals surface area contributed by atoms with Gasteiger partial charge in [-0.05, 0) is 45.2 Å². The molecule has 0 aromatic heterocycles. The summed E-state index contributed by atoms with van der Waals surface area (Å²) in [5.41, 5.74) is -0.453. The Morgan fingerprint density at radius 2 is 1.92 bits per heavy atom. The van der Waals surface area contributed by atoms with Crippen LogP contribution in [-0.4, -0.2) is 70.3 Å². The summed E-state index contributed by atoms with van der Waals surface area (Å²) in [7, 11) is -1.50. The number of piperidine rings is 2. The molecule has 2 rings (SSSR count). The SMILES string of the molecule is CCCS(=O)(=O)N1CCC(NC(=O)C2(COC)CCNCC2)CC1. The predicted octanol–water partition coefficient (Wildman–Crippen LogP) is 0.323. The molecule has 2 N–H and O–H groups in total. The van der Waals surface area contributed by atoms with Gasteiger partial charge in [0.1, 0.15) is 0 Å². The van der Waals surface area contributed by atoms with Crippen molar-refractivity contribution in [3.63, 3.8) is 0 Å². The molecule has 24 heavy (non-hydrogen) atoms. The lowest BCUT2D eigenvalue weighted by molar-refractivity contribution is -0.137. The molecule has 2 fully saturated rings. The molecule has 0 unspecified atom stereocenters. The van der Waals surface area contributed by atoms with E-state index in [-0.39, 0.29) is 17.7 Å². The van der Waals surface area contributed by atoms with Crippen LogP contribution in [0.3, 0.4) is 0 Å². The molecule has 140 valence electrons. The summed E-state index contributed by atoms with van der Waals surface area (Å²) in [6, 6.07) is 0.0502. The van der Waals surface area contributed by atoms with Crippen molar-refractivity contribution < 1.29 is 17.9 Å². The second kappa shape index (κ2) is 8.60. The molecule has 0 aromatic rings. The molecule has 2 aliphatic rings. The number of hydrogen-bond donors (Lipinski definition) is 2. The zero-order valence-electron chi connectivity index (χ0n) is 14.8. The predicted molar refractivity (Wildman–Crippen MR) is 93.2 cm³/mol. The highest BCUT2D eigenvalue weighted by Crippen LogP contribution is 2.30. The van der Waals surface area contributed by atoms with E-state index >= 15 is 0 Å². The Labute approximate surface area is 145 Å². The van der Waals surface area contributed by atoms with Crippen molar-refractivity contribution in [3.05, 3.63) is 0 Å². The highest BCUT2D eigenvalue weighted by Gasteiger charge is 2.41. The number of rotatable bonds is 7. The summed E-state index contributed by atoms with van der Waals surface area (Å²) in [5, 5.41) is 6.43. The van der Waals surface area contributed by atoms with Crippen molar-refractivity contribution in [1.82, 2.24) is 14.9 Å². The maximum Gasteiger partial charge on any atom is 0.228 e. The number of sulfonamides is 1. The Bertz CT molecular complexity index is 504. The van der Waals surface area contributed by atoms with Crippen LogP contribution in [0.15, 0.2) is 0 Å². The van der Waals surface area contributed by atoms with E-state index in [1.165, 1.54) is 0 Å². The minimum atomic E-state index is -3.13. The molecule has 0 spiro atoms. The van der Waals surface area contributed by atoms with Gasteiger partial charge in [-0.3, -0.25) is 4.79 Å². The minimum absolute atomic E-state index is 0.0502. The van der Waals surface area contributed by atoms with E-state index in [1.54, 1.807) is 11.4 Å². The number of methoxy groups -OCH3 is 1. The standard InChI is InChI=1S/C16H31N3O4S/c1-3-12-24(21,22)19-10-4-14(5-11-19)18-15(20)16(13-23-2)6-8-17-9-7-16/h14,17H,3-13H2,1-2H3,(H,18,20). The fraction of sp³-hybridized carbons (Fsp3) is 0.938. The molecule has 8 heteroatoms. The molecular weight excluding hydrogens is 330 g/mol. The maximum absolute atomic E-state index is 12.8. The first-order valence-corrected chi connectivity index (χ1v) is 10.5. The molecular formula is C16H31N3O4S. The van der Waals surface area contributed by atoms with Gasteiger partial charge < -0.3 is 15.4 Å². The summed E-state index contributed by atoms with van der Waals surface area (Å²) in [6.07, 6.45) is 3.53. The normalized spacial score (nSPS) is 23.1. The van der Waals surface area contributed by atoms with Gasteiger partial charge in [-0.25, -0.2) is 12.7 Å². The quantitative estimate of drug-likeness (QED) is 0.682. The summed E-state index contributed by atoms with van der Waals surface area (Å²) in [4.78, 5) is 12.8. The Morgan fingerprint density at radius 3 is 2.46 bits per heavy atom. The van der Waals surface area contributed by atoms with Crippen LogP contribution in [0.2, 0.25) is 0 Å². The van der Waals surface area contributed by atoms with Gasteiger partial charge in [0.2, 0.25) is 15.9 Å². The Morgan fingerprint density at radius 1 is 1.29 bits per heavy atom. The van der Waals surface area contributed by atoms with Crippen molar-refractivity contribution in [3.8, 4) is 0 Å². The van der Waals surface area contributed by atoms with Crippen molar-refractivity contribution in [2.75, 3.05) is 45.6 Å². The van der Waals surface area contributed by atoms with Crippen LogP contribution < -0.4 is 10.6 Å². The van der Waals surface area contributed by atoms with Crippen LogP contribution in [0, 0.1) is 5.41 Å². The molecule has 2 aliphatic heterocycles. The van der Waals surface area contributed by atoms with E-state index in [4.69, 9.17) is 4.74 Å². The molecule has 0 saturated carbocycles. The molecule has 7 nitrogen and oxygen atoms in total. The Kier molecular flexibility index (Phi) is 7.03. The van der Waals surface area contributed by atoms with Crippen molar-refractivity contribution in [1.29, 1.82) is 0 Å². The van der Waals surface area contributed by atoms with E-state index in [1.807, 2.05) is 6.92 Å². The van der Waals surface area contributed by atoms with Crippen LogP contribution in [-0.2, 0) is 19.6 Å². The summed E-state index contributed by atoms with van der Waals surface area (Å²) >= 11 is 0. The summed E-state index contributed by atoms with van der Waals surface area (Å²) in [5.74, 6) is 0.259. The lowest BCUT2D eigenvalue weighted by atomic mass is 9.78. The molecule has 1 amide bonds. The monoisotopic (exact) mass is 361 g/mol. The number of nitrogens with zero attached hydrogens (tertiary/aromatic N) is 1. The highest BCUT2D eigenvalue weighted by molar-refractivity contribution is 7.89. The van der Waals surface area contributed by atoms with Crippen LogP contribution in [0.25, 0.3) is 0 Å². The third-order valence-electron chi connectivity index (χ3n) is 5.11. The second-order valence-electron chi connectivity index (χ2n) is 6.93. The van der Waals surface area contributed by atoms with Crippen molar-refractivity contribution >= 4 is 15.9 Å². The van der Waals surface area contributed by atoms with Gasteiger partial charge in [-0.1, -0.05) is 6.92 Å². The molecule has 0 bridgehead atoms. The molecule has 0 radical (unpaired) electrons. The van der Waals surface area contributed by atoms with E-state index < -0.39 is 15.4 Å². The third kappa shape index (κ3) is 4.68. The van der Waals surface area contributed by atoms with E-state index in [9.17, 15) is 13.2 Å². The summed E-state index contributed by atoms with van der Waals surface area (Å²) < 4.78 is 31.1. The van der Waals surface area contributed by atoms with Gasteiger partial charge in [0, 0.05) is 26.2 Å². The Hall–Kier alpha value is -0.700. The van der Waals surface area contributed by atoms with Crippen molar-refractivity contribution in [2.24, 2.45) is 5.41 Å². The Balaban J connectivity index is 1.89. The zero-order chi connectivity index (χ0) is 17.6. The van der Waals surface area contributed by atoms with Crippen molar-refractivity contribution in [2.45, 2.75) is 45.1 Å². The number of carbonyl (C=O) groups is 1. The first-order valence-electron chi connectivity index (χ1n) is 8.92. The third-order valence-corrected chi connectivity index (χ3v) is 7.18. The molecule has 0 atom stereocenters. The zero-order valence-corrected chi connectivity index (χ0v) is 15.7. The van der Waals surface area contributed by atoms with Gasteiger partial charge in [-0.15, -0.1) is 0 Å². The van der Waals surface area contributed by atoms with E-state index in [2.05, 4.69) is 10.6 Å². The molecule has 0 aromatic carbocycles. The minimum Gasteiger partial charge on any atom is -0.384 e.